The van der Waals surface area contributed by atoms with Gasteiger partial charge in [-0.05, 0) is 30.8 Å². The molecular formula is C10H18O2S2. The molecule has 2 nitrogen and oxygen atoms in total. The molecule has 0 radical (unpaired) electrons. The van der Waals surface area contributed by atoms with Crippen LogP contribution in [0, 0.1) is 0 Å². The Balaban J connectivity index is 1.60. The zero-order chi connectivity index (χ0) is 9.64. The largest absolute Gasteiger partial charge is 0.353 e. The molecule has 0 amide bonds. The summed E-state index contributed by atoms with van der Waals surface area (Å²) in [4.78, 5) is 0. The van der Waals surface area contributed by atoms with E-state index >= 15 is 0 Å². The minimum absolute atomic E-state index is 0.0897. The van der Waals surface area contributed by atoms with E-state index in [1.165, 1.54) is 24.3 Å². The van der Waals surface area contributed by atoms with Crippen LogP contribution in [-0.2, 0) is 9.47 Å². The number of hydrogen-bond acceptors (Lipinski definition) is 4. The standard InChI is InChI=1S/C10H18O2S2/c1-5-11-9(12-6-1)3-4-10-13-7-2-8-14-10/h9-10H,1-8H2. The lowest BCUT2D eigenvalue weighted by Crippen LogP contribution is -2.25. The fourth-order valence-corrected chi connectivity index (χ4v) is 4.58. The smallest absolute Gasteiger partial charge is 0.157 e. The molecule has 2 aliphatic rings. The Morgan fingerprint density at radius 2 is 1.64 bits per heavy atom. The van der Waals surface area contributed by atoms with Gasteiger partial charge in [0.25, 0.3) is 0 Å². The highest BCUT2D eigenvalue weighted by Crippen LogP contribution is 2.34. The van der Waals surface area contributed by atoms with Gasteiger partial charge in [-0.15, -0.1) is 23.5 Å². The molecule has 82 valence electrons. The van der Waals surface area contributed by atoms with E-state index in [-0.39, 0.29) is 6.29 Å². The van der Waals surface area contributed by atoms with Crippen molar-refractivity contribution in [2.24, 2.45) is 0 Å². The highest BCUT2D eigenvalue weighted by Gasteiger charge is 2.19. The SMILES string of the molecule is C1COC(CCC2SCCCS2)OC1. The molecule has 4 heteroatoms. The van der Waals surface area contributed by atoms with Crippen molar-refractivity contribution in [2.45, 2.75) is 36.6 Å². The maximum Gasteiger partial charge on any atom is 0.157 e. The molecule has 0 aliphatic carbocycles. The molecule has 0 aromatic heterocycles. The monoisotopic (exact) mass is 234 g/mol. The van der Waals surface area contributed by atoms with Gasteiger partial charge in [0.2, 0.25) is 0 Å². The Kier molecular flexibility index (Phi) is 4.97. The predicted molar refractivity (Wildman–Crippen MR) is 62.9 cm³/mol. The van der Waals surface area contributed by atoms with Crippen molar-refractivity contribution in [3.05, 3.63) is 0 Å². The molecule has 0 aromatic rings. The van der Waals surface area contributed by atoms with Crippen LogP contribution < -0.4 is 0 Å². The molecule has 2 fully saturated rings. The summed E-state index contributed by atoms with van der Waals surface area (Å²) < 4.78 is 11.8. The summed E-state index contributed by atoms with van der Waals surface area (Å²) in [6, 6.07) is 0. The molecule has 0 saturated carbocycles. The Bertz CT molecular complexity index is 136. The predicted octanol–water partition coefficient (Wildman–Crippen LogP) is 2.73. The van der Waals surface area contributed by atoms with E-state index in [4.69, 9.17) is 9.47 Å². The first-order valence-corrected chi connectivity index (χ1v) is 7.51. The molecule has 2 heterocycles. The van der Waals surface area contributed by atoms with Crippen LogP contribution in [0.15, 0.2) is 0 Å². The van der Waals surface area contributed by atoms with Gasteiger partial charge in [-0.25, -0.2) is 0 Å². The van der Waals surface area contributed by atoms with Crippen molar-refractivity contribution in [2.75, 3.05) is 24.7 Å². The van der Waals surface area contributed by atoms with Crippen molar-refractivity contribution in [1.29, 1.82) is 0 Å². The Hall–Kier alpha value is 0.620. The Labute approximate surface area is 94.5 Å². The summed E-state index contributed by atoms with van der Waals surface area (Å²) in [7, 11) is 0. The van der Waals surface area contributed by atoms with Gasteiger partial charge in [0, 0.05) is 6.42 Å². The van der Waals surface area contributed by atoms with Gasteiger partial charge in [-0.2, -0.15) is 0 Å². The molecule has 14 heavy (non-hydrogen) atoms. The van der Waals surface area contributed by atoms with E-state index in [0.717, 1.165) is 30.6 Å². The maximum absolute atomic E-state index is 5.53. The van der Waals surface area contributed by atoms with Crippen LogP contribution >= 0.6 is 23.5 Å². The molecule has 0 atom stereocenters. The molecule has 0 unspecified atom stereocenters. The van der Waals surface area contributed by atoms with Crippen LogP contribution in [0.5, 0.6) is 0 Å². The van der Waals surface area contributed by atoms with Crippen molar-refractivity contribution in [1.82, 2.24) is 0 Å². The quantitative estimate of drug-likeness (QED) is 0.747. The first-order valence-electron chi connectivity index (χ1n) is 5.41. The molecule has 0 N–H and O–H groups in total. The van der Waals surface area contributed by atoms with Crippen molar-refractivity contribution in [3.8, 4) is 0 Å². The third-order valence-corrected chi connectivity index (χ3v) is 5.51. The molecule has 2 aliphatic heterocycles. The van der Waals surface area contributed by atoms with Crippen LogP contribution in [0.2, 0.25) is 0 Å². The zero-order valence-electron chi connectivity index (χ0n) is 8.44. The second kappa shape index (κ2) is 6.26. The zero-order valence-corrected chi connectivity index (χ0v) is 10.1. The van der Waals surface area contributed by atoms with E-state index in [2.05, 4.69) is 23.5 Å². The average molecular weight is 234 g/mol. The second-order valence-corrected chi connectivity index (χ2v) is 6.55. The van der Waals surface area contributed by atoms with Crippen LogP contribution in [0.25, 0.3) is 0 Å². The summed E-state index contributed by atoms with van der Waals surface area (Å²) in [5.41, 5.74) is 0. The first-order chi connectivity index (χ1) is 6.95. The van der Waals surface area contributed by atoms with Gasteiger partial charge in [0.15, 0.2) is 6.29 Å². The average Bonchev–Trinajstić information content (AvgIpc) is 2.29. The van der Waals surface area contributed by atoms with E-state index < -0.39 is 0 Å². The maximum atomic E-state index is 5.53. The van der Waals surface area contributed by atoms with E-state index in [1.54, 1.807) is 0 Å². The number of rotatable bonds is 3. The number of ether oxygens (including phenoxy) is 2. The van der Waals surface area contributed by atoms with Crippen LogP contribution in [-0.4, -0.2) is 35.6 Å². The van der Waals surface area contributed by atoms with E-state index in [1.807, 2.05) is 0 Å². The minimum atomic E-state index is 0.0897. The molecule has 0 spiro atoms. The molecule has 2 rings (SSSR count). The summed E-state index contributed by atoms with van der Waals surface area (Å²) in [5.74, 6) is 2.67. The van der Waals surface area contributed by atoms with Gasteiger partial charge in [0.05, 0.1) is 17.8 Å². The van der Waals surface area contributed by atoms with Crippen LogP contribution in [0.1, 0.15) is 25.7 Å². The highest BCUT2D eigenvalue weighted by atomic mass is 32.2. The van der Waals surface area contributed by atoms with Crippen LogP contribution in [0.3, 0.4) is 0 Å². The van der Waals surface area contributed by atoms with Gasteiger partial charge in [0.1, 0.15) is 0 Å². The normalized spacial score (nSPS) is 26.6. The minimum Gasteiger partial charge on any atom is -0.353 e. The fraction of sp³-hybridized carbons (Fsp3) is 1.00. The fourth-order valence-electron chi connectivity index (χ4n) is 1.68. The van der Waals surface area contributed by atoms with Crippen molar-refractivity contribution < 1.29 is 9.47 Å². The molecule has 0 bridgehead atoms. The van der Waals surface area contributed by atoms with E-state index in [0.29, 0.717) is 0 Å². The van der Waals surface area contributed by atoms with Crippen molar-refractivity contribution in [3.63, 3.8) is 0 Å². The van der Waals surface area contributed by atoms with Gasteiger partial charge >= 0.3 is 0 Å². The number of thioether (sulfide) groups is 2. The van der Waals surface area contributed by atoms with Gasteiger partial charge < -0.3 is 9.47 Å². The lowest BCUT2D eigenvalue weighted by atomic mass is 10.3. The Morgan fingerprint density at radius 3 is 2.36 bits per heavy atom. The highest BCUT2D eigenvalue weighted by molar-refractivity contribution is 8.17. The topological polar surface area (TPSA) is 18.5 Å². The second-order valence-electron chi connectivity index (χ2n) is 3.63. The third kappa shape index (κ3) is 3.65. The molecule has 2 saturated heterocycles. The lowest BCUT2D eigenvalue weighted by Gasteiger charge is -2.26. The van der Waals surface area contributed by atoms with E-state index in [9.17, 15) is 0 Å². The van der Waals surface area contributed by atoms with Crippen LogP contribution in [0.4, 0.5) is 0 Å². The third-order valence-electron chi connectivity index (χ3n) is 2.43. The van der Waals surface area contributed by atoms with Gasteiger partial charge in [-0.3, -0.25) is 0 Å². The summed E-state index contributed by atoms with van der Waals surface area (Å²) in [5, 5.41) is 0. The Morgan fingerprint density at radius 1 is 0.929 bits per heavy atom. The van der Waals surface area contributed by atoms with Gasteiger partial charge in [-0.1, -0.05) is 0 Å². The summed E-state index contributed by atoms with van der Waals surface area (Å²) >= 11 is 4.21. The lowest BCUT2D eigenvalue weighted by molar-refractivity contribution is -0.181. The summed E-state index contributed by atoms with van der Waals surface area (Å²) in [6.07, 6.45) is 4.84. The number of hydrogen-bond donors (Lipinski definition) is 0. The van der Waals surface area contributed by atoms with Crippen molar-refractivity contribution >= 4 is 23.5 Å². The summed E-state index contributed by atoms with van der Waals surface area (Å²) in [6.45, 7) is 1.77. The molecular weight excluding hydrogens is 216 g/mol. The first kappa shape index (κ1) is 11.1. The molecule has 0 aromatic carbocycles.